The monoisotopic (exact) mass is 423 g/mol. The Bertz CT molecular complexity index is 994. The summed E-state index contributed by atoms with van der Waals surface area (Å²) in [6, 6.07) is 9.63. The Balaban J connectivity index is 1.38. The highest BCUT2D eigenvalue weighted by atomic mass is 19.1. The van der Waals surface area contributed by atoms with E-state index in [2.05, 4.69) is 22.1 Å². The molecule has 1 atom stereocenters. The summed E-state index contributed by atoms with van der Waals surface area (Å²) in [7, 11) is 1.65. The van der Waals surface area contributed by atoms with Gasteiger partial charge in [0.2, 0.25) is 17.7 Å². The van der Waals surface area contributed by atoms with Crippen LogP contribution in [0.15, 0.2) is 40.9 Å². The molecule has 0 saturated heterocycles. The van der Waals surface area contributed by atoms with Crippen molar-refractivity contribution in [2.45, 2.75) is 58.3 Å². The lowest BCUT2D eigenvalue weighted by molar-refractivity contribution is 0.215. The van der Waals surface area contributed by atoms with Crippen molar-refractivity contribution in [2.75, 3.05) is 7.11 Å². The fourth-order valence-electron chi connectivity index (χ4n) is 4.92. The highest BCUT2D eigenvalue weighted by molar-refractivity contribution is 5.53. The van der Waals surface area contributed by atoms with E-state index in [0.717, 1.165) is 55.4 Å². The first-order valence-electron chi connectivity index (χ1n) is 11.2. The molecule has 1 fully saturated rings. The van der Waals surface area contributed by atoms with E-state index in [0.29, 0.717) is 35.1 Å². The van der Waals surface area contributed by atoms with Crippen LogP contribution in [0.3, 0.4) is 0 Å². The average molecular weight is 424 g/mol. The Labute approximate surface area is 183 Å². The van der Waals surface area contributed by atoms with E-state index < -0.39 is 0 Å². The smallest absolute Gasteiger partial charge is 0.247 e. The van der Waals surface area contributed by atoms with E-state index in [9.17, 15) is 4.39 Å². The summed E-state index contributed by atoms with van der Waals surface area (Å²) in [5.74, 6) is 3.28. The van der Waals surface area contributed by atoms with Crippen molar-refractivity contribution in [3.8, 4) is 17.2 Å². The maximum atomic E-state index is 13.9. The Kier molecular flexibility index (Phi) is 6.64. The van der Waals surface area contributed by atoms with E-state index >= 15 is 0 Å². The zero-order chi connectivity index (χ0) is 21.8. The standard InChI is InChI=1S/C25H30FN3O2/c1-4-17(15-23-28-29-25(31-23)20-9-11-21(30-3)12-10-20)18-5-7-19(8-6-18)22-13-14-27-24(26)16(22)2/h9-14,17-19H,4-8,15H2,1-3H3. The number of methoxy groups -OCH3 is 1. The average Bonchev–Trinajstić information content (AvgIpc) is 3.28. The first kappa shape index (κ1) is 21.5. The lowest BCUT2D eigenvalue weighted by Gasteiger charge is -2.33. The highest BCUT2D eigenvalue weighted by Crippen LogP contribution is 2.41. The van der Waals surface area contributed by atoms with Gasteiger partial charge < -0.3 is 9.15 Å². The van der Waals surface area contributed by atoms with Crippen LogP contribution in [0, 0.1) is 24.7 Å². The van der Waals surface area contributed by atoms with Gasteiger partial charge in [0.05, 0.1) is 7.11 Å². The third-order valence-electron chi connectivity index (χ3n) is 6.83. The van der Waals surface area contributed by atoms with Gasteiger partial charge in [-0.15, -0.1) is 10.2 Å². The van der Waals surface area contributed by atoms with Crippen LogP contribution in [-0.4, -0.2) is 22.3 Å². The fourth-order valence-corrected chi connectivity index (χ4v) is 4.92. The van der Waals surface area contributed by atoms with Gasteiger partial charge in [-0.25, -0.2) is 4.98 Å². The van der Waals surface area contributed by atoms with Gasteiger partial charge in [0.1, 0.15) is 5.75 Å². The van der Waals surface area contributed by atoms with Crippen LogP contribution in [0.1, 0.15) is 62.0 Å². The zero-order valence-electron chi connectivity index (χ0n) is 18.5. The Hall–Kier alpha value is -2.76. The maximum absolute atomic E-state index is 13.9. The molecule has 1 aliphatic carbocycles. The predicted molar refractivity (Wildman–Crippen MR) is 117 cm³/mol. The highest BCUT2D eigenvalue weighted by Gasteiger charge is 2.29. The summed E-state index contributed by atoms with van der Waals surface area (Å²) in [4.78, 5) is 3.77. The molecule has 1 unspecified atom stereocenters. The number of aromatic nitrogens is 3. The molecule has 31 heavy (non-hydrogen) atoms. The van der Waals surface area contributed by atoms with Gasteiger partial charge in [0, 0.05) is 23.7 Å². The van der Waals surface area contributed by atoms with Gasteiger partial charge in [-0.2, -0.15) is 4.39 Å². The van der Waals surface area contributed by atoms with Crippen LogP contribution in [0.25, 0.3) is 11.5 Å². The van der Waals surface area contributed by atoms with Gasteiger partial charge in [-0.3, -0.25) is 0 Å². The second-order valence-electron chi connectivity index (χ2n) is 8.53. The molecule has 2 heterocycles. The molecule has 0 radical (unpaired) electrons. The molecule has 1 saturated carbocycles. The van der Waals surface area contributed by atoms with Gasteiger partial charge in [0.15, 0.2) is 0 Å². The molecular weight excluding hydrogens is 393 g/mol. The number of hydrogen-bond acceptors (Lipinski definition) is 5. The van der Waals surface area contributed by atoms with Crippen LogP contribution < -0.4 is 4.74 Å². The summed E-state index contributed by atoms with van der Waals surface area (Å²) in [5.41, 5.74) is 2.73. The molecule has 3 aromatic rings. The first-order chi connectivity index (χ1) is 15.1. The molecule has 0 aliphatic heterocycles. The fraction of sp³-hybridized carbons (Fsp3) is 0.480. The second kappa shape index (κ2) is 9.58. The van der Waals surface area contributed by atoms with Gasteiger partial charge in [-0.05, 0) is 86.3 Å². The number of benzene rings is 1. The third-order valence-corrected chi connectivity index (χ3v) is 6.83. The molecule has 0 spiro atoms. The molecule has 6 heteroatoms. The molecule has 5 nitrogen and oxygen atoms in total. The molecule has 0 bridgehead atoms. The van der Waals surface area contributed by atoms with Crippen LogP contribution in [-0.2, 0) is 6.42 Å². The van der Waals surface area contributed by atoms with Crippen molar-refractivity contribution in [1.29, 1.82) is 0 Å². The molecule has 0 N–H and O–H groups in total. The molecular formula is C25H30FN3O2. The van der Waals surface area contributed by atoms with E-state index in [-0.39, 0.29) is 5.95 Å². The maximum Gasteiger partial charge on any atom is 0.247 e. The van der Waals surface area contributed by atoms with Crippen LogP contribution in [0.5, 0.6) is 5.75 Å². The topological polar surface area (TPSA) is 61.0 Å². The van der Waals surface area contributed by atoms with Crippen LogP contribution in [0.4, 0.5) is 4.39 Å². The number of nitrogens with zero attached hydrogens (tertiary/aromatic N) is 3. The van der Waals surface area contributed by atoms with Crippen molar-refractivity contribution in [3.63, 3.8) is 0 Å². The van der Waals surface area contributed by atoms with E-state index in [1.54, 1.807) is 13.3 Å². The molecule has 4 rings (SSSR count). The van der Waals surface area contributed by atoms with E-state index in [4.69, 9.17) is 9.15 Å². The summed E-state index contributed by atoms with van der Waals surface area (Å²) in [5, 5.41) is 8.55. The number of halogens is 1. The Morgan fingerprint density at radius 1 is 1.10 bits per heavy atom. The van der Waals surface area contributed by atoms with E-state index in [1.807, 2.05) is 37.3 Å². The van der Waals surface area contributed by atoms with Crippen molar-refractivity contribution in [1.82, 2.24) is 15.2 Å². The normalized spacial score (nSPS) is 19.9. The summed E-state index contributed by atoms with van der Waals surface area (Å²) < 4.78 is 25.0. The van der Waals surface area contributed by atoms with Gasteiger partial charge >= 0.3 is 0 Å². The van der Waals surface area contributed by atoms with Crippen LogP contribution >= 0.6 is 0 Å². The largest absolute Gasteiger partial charge is 0.497 e. The molecule has 1 aliphatic rings. The Morgan fingerprint density at radius 2 is 1.84 bits per heavy atom. The number of pyridine rings is 1. The second-order valence-corrected chi connectivity index (χ2v) is 8.53. The Morgan fingerprint density at radius 3 is 2.52 bits per heavy atom. The lowest BCUT2D eigenvalue weighted by atomic mass is 9.72. The lowest BCUT2D eigenvalue weighted by Crippen LogP contribution is -2.23. The first-order valence-corrected chi connectivity index (χ1v) is 11.2. The predicted octanol–water partition coefficient (Wildman–Crippen LogP) is 6.13. The number of rotatable bonds is 7. The summed E-state index contributed by atoms with van der Waals surface area (Å²) in [6.07, 6.45) is 7.95. The summed E-state index contributed by atoms with van der Waals surface area (Å²) >= 11 is 0. The van der Waals surface area contributed by atoms with Crippen molar-refractivity contribution < 1.29 is 13.5 Å². The summed E-state index contributed by atoms with van der Waals surface area (Å²) in [6.45, 7) is 4.08. The van der Waals surface area contributed by atoms with Crippen LogP contribution in [0.2, 0.25) is 0 Å². The van der Waals surface area contributed by atoms with E-state index in [1.165, 1.54) is 0 Å². The minimum atomic E-state index is -0.338. The zero-order valence-corrected chi connectivity index (χ0v) is 18.5. The van der Waals surface area contributed by atoms with Crippen molar-refractivity contribution >= 4 is 0 Å². The van der Waals surface area contributed by atoms with Crippen molar-refractivity contribution in [3.05, 3.63) is 59.5 Å². The molecule has 2 aromatic heterocycles. The minimum absolute atomic E-state index is 0.338. The van der Waals surface area contributed by atoms with Gasteiger partial charge in [0.25, 0.3) is 0 Å². The van der Waals surface area contributed by atoms with Gasteiger partial charge in [-0.1, -0.05) is 13.3 Å². The van der Waals surface area contributed by atoms with Crippen molar-refractivity contribution in [2.24, 2.45) is 11.8 Å². The quantitative estimate of drug-likeness (QED) is 0.428. The minimum Gasteiger partial charge on any atom is -0.497 e. The third kappa shape index (κ3) is 4.78. The molecule has 0 amide bonds. The molecule has 164 valence electrons. The SMILES string of the molecule is CCC(Cc1nnc(-c2ccc(OC)cc2)o1)C1CCC(c2ccnc(F)c2C)CC1. The number of ether oxygens (including phenoxy) is 1. The number of hydrogen-bond donors (Lipinski definition) is 0. The molecule has 1 aromatic carbocycles.